The first-order valence-corrected chi connectivity index (χ1v) is 31.5. The number of carbonyl (C=O) groups is 1. The Bertz CT molecular complexity index is 994. The smallest absolute Gasteiger partial charge is 0.220 e. The molecule has 0 radical (unpaired) electrons. The van der Waals surface area contributed by atoms with Crippen molar-refractivity contribution in [2.45, 2.75) is 373 Å². The molecule has 0 aromatic heterocycles. The van der Waals surface area contributed by atoms with Crippen LogP contribution in [0.2, 0.25) is 0 Å². The second-order valence-corrected chi connectivity index (χ2v) is 21.8. The van der Waals surface area contributed by atoms with Crippen LogP contribution in [0.4, 0.5) is 0 Å². The average Bonchev–Trinajstić information content (AvgIpc) is 3.34. The minimum atomic E-state index is -0.658. The van der Waals surface area contributed by atoms with Crippen LogP contribution in [0, 0.1) is 0 Å². The van der Waals surface area contributed by atoms with Gasteiger partial charge < -0.3 is 15.5 Å². The maximum Gasteiger partial charge on any atom is 0.220 e. The van der Waals surface area contributed by atoms with Gasteiger partial charge >= 0.3 is 0 Å². The van der Waals surface area contributed by atoms with Crippen molar-refractivity contribution in [3.05, 3.63) is 24.3 Å². The van der Waals surface area contributed by atoms with E-state index in [4.69, 9.17) is 0 Å². The van der Waals surface area contributed by atoms with E-state index in [0.29, 0.717) is 12.8 Å². The molecule has 1 amide bonds. The van der Waals surface area contributed by atoms with E-state index in [-0.39, 0.29) is 12.5 Å². The van der Waals surface area contributed by atoms with E-state index >= 15 is 0 Å². The Morgan fingerprint density at radius 1 is 0.353 bits per heavy atom. The molecule has 0 rings (SSSR count). The van der Waals surface area contributed by atoms with Crippen molar-refractivity contribution in [1.82, 2.24) is 5.32 Å². The molecule has 0 aliphatic carbocycles. The molecule has 2 unspecified atom stereocenters. The van der Waals surface area contributed by atoms with E-state index in [2.05, 4.69) is 43.5 Å². The number of nitrogens with one attached hydrogen (secondary N) is 1. The number of amides is 1. The van der Waals surface area contributed by atoms with Crippen LogP contribution in [0.3, 0.4) is 0 Å². The summed E-state index contributed by atoms with van der Waals surface area (Å²) in [4.78, 5) is 12.5. The van der Waals surface area contributed by atoms with Gasteiger partial charge in [0.15, 0.2) is 0 Å². The normalized spacial score (nSPS) is 12.8. The van der Waals surface area contributed by atoms with Crippen LogP contribution in [0.1, 0.15) is 361 Å². The summed E-state index contributed by atoms with van der Waals surface area (Å²) in [5, 5.41) is 23.4. The Morgan fingerprint density at radius 2 is 0.603 bits per heavy atom. The van der Waals surface area contributed by atoms with Crippen molar-refractivity contribution < 1.29 is 15.0 Å². The standard InChI is InChI=1S/C64H125NO3/c1-3-5-7-9-11-13-15-17-19-21-23-25-27-29-30-31-32-33-34-36-38-40-42-44-46-48-50-52-54-56-58-60-64(68)65-62(61-66)63(67)59-57-55-53-51-49-47-45-43-41-39-37-35-28-26-24-22-20-18-16-14-12-10-8-6-4-2/h15,17,21,23,62-63,66-67H,3-14,16,18-20,22,24-61H2,1-2H3,(H,65,68)/b17-15-,23-21-. The van der Waals surface area contributed by atoms with Gasteiger partial charge in [-0.15, -0.1) is 0 Å². The van der Waals surface area contributed by atoms with E-state index < -0.39 is 12.1 Å². The lowest BCUT2D eigenvalue weighted by molar-refractivity contribution is -0.123. The number of rotatable bonds is 59. The van der Waals surface area contributed by atoms with Crippen molar-refractivity contribution in [3.8, 4) is 0 Å². The van der Waals surface area contributed by atoms with Crippen LogP contribution in [-0.2, 0) is 4.79 Å². The zero-order chi connectivity index (χ0) is 49.2. The third-order valence-electron chi connectivity index (χ3n) is 15.0. The molecule has 0 aromatic carbocycles. The van der Waals surface area contributed by atoms with E-state index in [0.717, 1.165) is 32.1 Å². The Balaban J connectivity index is 3.40. The molecule has 4 heteroatoms. The first-order chi connectivity index (χ1) is 33.7. The van der Waals surface area contributed by atoms with E-state index in [1.54, 1.807) is 0 Å². The molecule has 0 bridgehead atoms. The SMILES string of the molecule is CCCCCCC/C=C\C/C=C\CCCCCCCCCCCCCCCCCCCCCC(=O)NC(CO)C(O)CCCCCCCCCCCCCCCCCCCCCCCCCCC. The zero-order valence-corrected chi connectivity index (χ0v) is 46.7. The highest BCUT2D eigenvalue weighted by Gasteiger charge is 2.20. The van der Waals surface area contributed by atoms with Crippen LogP contribution in [0.15, 0.2) is 24.3 Å². The van der Waals surface area contributed by atoms with Gasteiger partial charge in [-0.1, -0.05) is 334 Å². The van der Waals surface area contributed by atoms with Gasteiger partial charge in [0.05, 0.1) is 18.8 Å². The summed E-state index contributed by atoms with van der Waals surface area (Å²) < 4.78 is 0. The molecular weight excluding hydrogens is 831 g/mol. The van der Waals surface area contributed by atoms with E-state index in [1.807, 2.05) is 0 Å². The fraction of sp³-hybridized carbons (Fsp3) is 0.922. The van der Waals surface area contributed by atoms with Crippen molar-refractivity contribution in [1.29, 1.82) is 0 Å². The van der Waals surface area contributed by atoms with Gasteiger partial charge in [0.25, 0.3) is 0 Å². The monoisotopic (exact) mass is 956 g/mol. The quantitative estimate of drug-likeness (QED) is 0.0420. The molecule has 0 spiro atoms. The summed E-state index contributed by atoms with van der Waals surface area (Å²) >= 11 is 0. The van der Waals surface area contributed by atoms with Crippen LogP contribution in [0.25, 0.3) is 0 Å². The molecule has 0 heterocycles. The zero-order valence-electron chi connectivity index (χ0n) is 46.7. The lowest BCUT2D eigenvalue weighted by Crippen LogP contribution is -2.45. The summed E-state index contributed by atoms with van der Waals surface area (Å²) in [5.74, 6) is -0.0233. The molecule has 68 heavy (non-hydrogen) atoms. The van der Waals surface area contributed by atoms with Gasteiger partial charge in [-0.05, 0) is 44.9 Å². The van der Waals surface area contributed by atoms with Gasteiger partial charge in [0.2, 0.25) is 5.91 Å². The molecule has 0 saturated heterocycles. The molecule has 3 N–H and O–H groups in total. The topological polar surface area (TPSA) is 69.6 Å². The maximum atomic E-state index is 12.5. The molecular formula is C64H125NO3. The van der Waals surface area contributed by atoms with Crippen LogP contribution < -0.4 is 5.32 Å². The molecule has 4 nitrogen and oxygen atoms in total. The minimum absolute atomic E-state index is 0.0233. The fourth-order valence-electron chi connectivity index (χ4n) is 10.2. The van der Waals surface area contributed by atoms with Crippen LogP contribution in [0.5, 0.6) is 0 Å². The third kappa shape index (κ3) is 55.8. The molecule has 0 saturated carbocycles. The van der Waals surface area contributed by atoms with Crippen molar-refractivity contribution in [3.63, 3.8) is 0 Å². The molecule has 2 atom stereocenters. The number of aliphatic hydroxyl groups is 2. The van der Waals surface area contributed by atoms with Gasteiger partial charge in [0, 0.05) is 6.42 Å². The molecule has 0 aliphatic heterocycles. The first kappa shape index (κ1) is 66.9. The van der Waals surface area contributed by atoms with Crippen molar-refractivity contribution in [2.24, 2.45) is 0 Å². The number of unbranched alkanes of at least 4 members (excludes halogenated alkanes) is 48. The first-order valence-electron chi connectivity index (χ1n) is 31.5. The summed E-state index contributed by atoms with van der Waals surface area (Å²) in [5.41, 5.74) is 0. The predicted molar refractivity (Wildman–Crippen MR) is 304 cm³/mol. The van der Waals surface area contributed by atoms with Gasteiger partial charge in [-0.2, -0.15) is 0 Å². The Labute approximate surface area is 428 Å². The second-order valence-electron chi connectivity index (χ2n) is 21.8. The maximum absolute atomic E-state index is 12.5. The fourth-order valence-corrected chi connectivity index (χ4v) is 10.2. The van der Waals surface area contributed by atoms with Crippen LogP contribution in [-0.4, -0.2) is 34.9 Å². The van der Waals surface area contributed by atoms with Gasteiger partial charge in [0.1, 0.15) is 0 Å². The minimum Gasteiger partial charge on any atom is -0.394 e. The highest BCUT2D eigenvalue weighted by atomic mass is 16.3. The number of hydrogen-bond donors (Lipinski definition) is 3. The van der Waals surface area contributed by atoms with Crippen LogP contribution >= 0.6 is 0 Å². The summed E-state index contributed by atoms with van der Waals surface area (Å²) in [6.07, 6.45) is 80.6. The molecule has 404 valence electrons. The third-order valence-corrected chi connectivity index (χ3v) is 15.0. The van der Waals surface area contributed by atoms with Gasteiger partial charge in [-0.25, -0.2) is 0 Å². The number of hydrogen-bond acceptors (Lipinski definition) is 3. The largest absolute Gasteiger partial charge is 0.394 e. The number of carbonyl (C=O) groups excluding carboxylic acids is 1. The Hall–Kier alpha value is -1.13. The summed E-state index contributed by atoms with van der Waals surface area (Å²) in [7, 11) is 0. The summed E-state index contributed by atoms with van der Waals surface area (Å²) in [6, 6.07) is -0.535. The van der Waals surface area contributed by atoms with Crippen molar-refractivity contribution >= 4 is 5.91 Å². The molecule has 0 fully saturated rings. The Kier molecular flexibility index (Phi) is 59.2. The van der Waals surface area contributed by atoms with Crippen molar-refractivity contribution in [2.75, 3.05) is 6.61 Å². The average molecular weight is 957 g/mol. The van der Waals surface area contributed by atoms with E-state index in [9.17, 15) is 15.0 Å². The highest BCUT2D eigenvalue weighted by Crippen LogP contribution is 2.19. The lowest BCUT2D eigenvalue weighted by atomic mass is 10.0. The van der Waals surface area contributed by atoms with E-state index in [1.165, 1.54) is 302 Å². The Morgan fingerprint density at radius 3 is 0.882 bits per heavy atom. The second kappa shape index (κ2) is 60.2. The molecule has 0 aromatic rings. The van der Waals surface area contributed by atoms with Gasteiger partial charge in [-0.3, -0.25) is 4.79 Å². The lowest BCUT2D eigenvalue weighted by Gasteiger charge is -2.22. The highest BCUT2D eigenvalue weighted by molar-refractivity contribution is 5.76. The summed E-state index contributed by atoms with van der Waals surface area (Å²) in [6.45, 7) is 4.39. The molecule has 0 aliphatic rings. The number of allylic oxidation sites excluding steroid dienone is 4. The predicted octanol–water partition coefficient (Wildman–Crippen LogP) is 21.0. The number of aliphatic hydroxyl groups excluding tert-OH is 2.